The molecule has 0 fully saturated rings. The molecule has 0 aliphatic carbocycles. The van der Waals surface area contributed by atoms with Gasteiger partial charge in [0.15, 0.2) is 0 Å². The third-order valence-electron chi connectivity index (χ3n) is 2.46. The fraction of sp³-hybridized carbons (Fsp3) is 0.333. The van der Waals surface area contributed by atoms with Crippen LogP contribution in [0.15, 0.2) is 30.7 Å². The van der Waals surface area contributed by atoms with Gasteiger partial charge < -0.3 is 5.32 Å². The minimum absolute atomic E-state index is 0.727. The van der Waals surface area contributed by atoms with Gasteiger partial charge in [0.05, 0.1) is 22.0 Å². The Kier molecular flexibility index (Phi) is 4.49. The van der Waals surface area contributed by atoms with Crippen molar-refractivity contribution in [3.8, 4) is 0 Å². The largest absolute Gasteiger partial charge is 0.313 e. The molecule has 0 saturated carbocycles. The molecule has 2 rings (SSSR count). The summed E-state index contributed by atoms with van der Waals surface area (Å²) >= 11 is 2.26. The van der Waals surface area contributed by atoms with Crippen LogP contribution < -0.4 is 5.32 Å². The van der Waals surface area contributed by atoms with Crippen LogP contribution in [-0.4, -0.2) is 21.3 Å². The van der Waals surface area contributed by atoms with E-state index in [1.807, 2.05) is 29.3 Å². The number of nitrogens with zero attached hydrogens (tertiary/aromatic N) is 3. The third-order valence-corrected chi connectivity index (χ3v) is 3.02. The van der Waals surface area contributed by atoms with Gasteiger partial charge in [-0.3, -0.25) is 9.67 Å². The van der Waals surface area contributed by atoms with E-state index in [-0.39, 0.29) is 0 Å². The fourth-order valence-corrected chi connectivity index (χ4v) is 2.06. The van der Waals surface area contributed by atoms with Crippen molar-refractivity contribution in [2.24, 2.45) is 0 Å². The Hall–Kier alpha value is -0.950. The summed E-state index contributed by atoms with van der Waals surface area (Å²) in [5, 5.41) is 7.61. The Labute approximate surface area is 115 Å². The summed E-state index contributed by atoms with van der Waals surface area (Å²) in [6.45, 7) is 4.66. The van der Waals surface area contributed by atoms with Crippen molar-refractivity contribution in [1.29, 1.82) is 0 Å². The molecular weight excluding hydrogens is 327 g/mol. The van der Waals surface area contributed by atoms with Crippen molar-refractivity contribution < 1.29 is 0 Å². The molecule has 0 unspecified atom stereocenters. The van der Waals surface area contributed by atoms with Crippen molar-refractivity contribution in [3.05, 3.63) is 45.6 Å². The van der Waals surface area contributed by atoms with Gasteiger partial charge in [0.1, 0.15) is 0 Å². The topological polar surface area (TPSA) is 42.7 Å². The first-order valence-electron chi connectivity index (χ1n) is 5.61. The molecule has 0 atom stereocenters. The second kappa shape index (κ2) is 6.11. The van der Waals surface area contributed by atoms with E-state index in [4.69, 9.17) is 0 Å². The third kappa shape index (κ3) is 3.50. The summed E-state index contributed by atoms with van der Waals surface area (Å²) in [6.07, 6.45) is 5.71. The van der Waals surface area contributed by atoms with Gasteiger partial charge in [-0.15, -0.1) is 0 Å². The molecule has 4 nitrogen and oxygen atoms in total. The van der Waals surface area contributed by atoms with Crippen LogP contribution in [0, 0.1) is 3.57 Å². The second-order valence-electron chi connectivity index (χ2n) is 3.75. The molecule has 0 aromatic carbocycles. The van der Waals surface area contributed by atoms with Crippen molar-refractivity contribution in [1.82, 2.24) is 20.1 Å². The van der Waals surface area contributed by atoms with E-state index in [2.05, 4.69) is 51.0 Å². The Morgan fingerprint density at radius 2 is 2.35 bits per heavy atom. The average Bonchev–Trinajstić information content (AvgIpc) is 2.74. The molecular formula is C12H15IN4. The van der Waals surface area contributed by atoms with Gasteiger partial charge in [0.25, 0.3) is 0 Å². The molecule has 0 amide bonds. The van der Waals surface area contributed by atoms with E-state index in [1.165, 1.54) is 5.56 Å². The van der Waals surface area contributed by atoms with Gasteiger partial charge in [0, 0.05) is 18.9 Å². The lowest BCUT2D eigenvalue weighted by atomic mass is 10.2. The van der Waals surface area contributed by atoms with Crippen molar-refractivity contribution in [3.63, 3.8) is 0 Å². The van der Waals surface area contributed by atoms with Crippen LogP contribution in [0.1, 0.15) is 18.2 Å². The zero-order valence-electron chi connectivity index (χ0n) is 9.73. The molecule has 1 N–H and O–H groups in total. The highest BCUT2D eigenvalue weighted by Crippen LogP contribution is 2.08. The summed E-state index contributed by atoms with van der Waals surface area (Å²) in [5.41, 5.74) is 2.31. The lowest BCUT2D eigenvalue weighted by Gasteiger charge is -2.08. The van der Waals surface area contributed by atoms with Gasteiger partial charge in [-0.05, 0) is 40.8 Å². The van der Waals surface area contributed by atoms with Crippen molar-refractivity contribution in [2.45, 2.75) is 20.0 Å². The van der Waals surface area contributed by atoms with Gasteiger partial charge in [-0.25, -0.2) is 0 Å². The van der Waals surface area contributed by atoms with E-state index in [1.54, 1.807) is 0 Å². The van der Waals surface area contributed by atoms with Gasteiger partial charge in [-0.2, -0.15) is 5.10 Å². The first kappa shape index (κ1) is 12.5. The maximum absolute atomic E-state index is 4.43. The molecule has 0 spiro atoms. The van der Waals surface area contributed by atoms with Crippen LogP contribution in [0.3, 0.4) is 0 Å². The summed E-state index contributed by atoms with van der Waals surface area (Å²) in [5.74, 6) is 0. The number of rotatable bonds is 5. The lowest BCUT2D eigenvalue weighted by Crippen LogP contribution is -2.15. The Morgan fingerprint density at radius 1 is 1.47 bits per heavy atom. The molecule has 5 heteroatoms. The fourth-order valence-electron chi connectivity index (χ4n) is 1.61. The molecule has 2 aromatic heterocycles. The highest BCUT2D eigenvalue weighted by atomic mass is 127. The van der Waals surface area contributed by atoms with Crippen molar-refractivity contribution >= 4 is 22.6 Å². The highest BCUT2D eigenvalue weighted by molar-refractivity contribution is 14.1. The molecule has 2 aromatic rings. The van der Waals surface area contributed by atoms with Crippen LogP contribution in [0.25, 0.3) is 0 Å². The minimum atomic E-state index is 0.727. The first-order chi connectivity index (χ1) is 8.29. The molecule has 0 bridgehead atoms. The van der Waals surface area contributed by atoms with Gasteiger partial charge in [0.2, 0.25) is 0 Å². The predicted octanol–water partition coefficient (Wildman–Crippen LogP) is 2.04. The maximum Gasteiger partial charge on any atom is 0.0835 e. The number of nitrogens with one attached hydrogen (secondary N) is 1. The number of hydrogen-bond donors (Lipinski definition) is 1. The average molecular weight is 342 g/mol. The monoisotopic (exact) mass is 342 g/mol. The summed E-state index contributed by atoms with van der Waals surface area (Å²) in [7, 11) is 0. The Morgan fingerprint density at radius 3 is 3.06 bits per heavy atom. The Bertz CT molecular complexity index is 481. The smallest absolute Gasteiger partial charge is 0.0835 e. The van der Waals surface area contributed by atoms with E-state index >= 15 is 0 Å². The maximum atomic E-state index is 4.43. The second-order valence-corrected chi connectivity index (χ2v) is 4.99. The molecule has 17 heavy (non-hydrogen) atoms. The normalized spacial score (nSPS) is 10.7. The quantitative estimate of drug-likeness (QED) is 0.846. The molecule has 90 valence electrons. The van der Waals surface area contributed by atoms with Crippen LogP contribution in [0.4, 0.5) is 0 Å². The van der Waals surface area contributed by atoms with E-state index < -0.39 is 0 Å². The van der Waals surface area contributed by atoms with Crippen LogP contribution >= 0.6 is 22.6 Å². The van der Waals surface area contributed by atoms with Crippen LogP contribution in [-0.2, 0) is 13.1 Å². The van der Waals surface area contributed by atoms with E-state index in [0.29, 0.717) is 0 Å². The number of pyridine rings is 1. The molecule has 0 aliphatic heterocycles. The minimum Gasteiger partial charge on any atom is -0.313 e. The van der Waals surface area contributed by atoms with E-state index in [9.17, 15) is 0 Å². The zero-order valence-corrected chi connectivity index (χ0v) is 11.9. The summed E-state index contributed by atoms with van der Waals surface area (Å²) < 4.78 is 3.06. The zero-order chi connectivity index (χ0) is 12.1. The predicted molar refractivity (Wildman–Crippen MR) is 75.7 cm³/mol. The van der Waals surface area contributed by atoms with Gasteiger partial charge >= 0.3 is 0 Å². The van der Waals surface area contributed by atoms with Crippen molar-refractivity contribution in [2.75, 3.05) is 6.54 Å². The molecule has 0 saturated heterocycles. The molecule has 2 heterocycles. The summed E-state index contributed by atoms with van der Waals surface area (Å²) in [4.78, 5) is 4.43. The highest BCUT2D eigenvalue weighted by Gasteiger charge is 2.04. The Balaban J connectivity index is 2.14. The standard InChI is InChI=1S/C12H15IN4/c1-2-14-6-10-4-3-5-15-12(10)9-17-8-11(13)7-16-17/h3-5,7-8,14H,2,6,9H2,1H3. The van der Waals surface area contributed by atoms with E-state index in [0.717, 1.165) is 28.9 Å². The van der Waals surface area contributed by atoms with Gasteiger partial charge in [-0.1, -0.05) is 13.0 Å². The van der Waals surface area contributed by atoms with Crippen LogP contribution in [0.2, 0.25) is 0 Å². The molecule has 0 radical (unpaired) electrons. The summed E-state index contributed by atoms with van der Waals surface area (Å²) in [6, 6.07) is 4.09. The SMILES string of the molecule is CCNCc1cccnc1Cn1cc(I)cn1. The number of hydrogen-bond acceptors (Lipinski definition) is 3. The number of aromatic nitrogens is 3. The molecule has 0 aliphatic rings. The van der Waals surface area contributed by atoms with Crippen LogP contribution in [0.5, 0.6) is 0 Å². The lowest BCUT2D eigenvalue weighted by molar-refractivity contribution is 0.651. The number of halogens is 1. The first-order valence-corrected chi connectivity index (χ1v) is 6.69.